The van der Waals surface area contributed by atoms with Crippen molar-refractivity contribution in [1.29, 1.82) is 0 Å². The van der Waals surface area contributed by atoms with E-state index in [0.29, 0.717) is 5.69 Å². The average Bonchev–Trinajstić information content (AvgIpc) is 2.72. The molecule has 5 nitrogen and oxygen atoms in total. The number of para-hydroxylation sites is 1. The SMILES string of the molecule is C/C(=N/NC(=S)Nc1ccccc1)c1cccc(NC(=O)C(F)(F)C(F)(F)C(F)(F)F)c1. The van der Waals surface area contributed by atoms with Crippen LogP contribution in [0.5, 0.6) is 0 Å². The molecule has 0 aromatic heterocycles. The minimum absolute atomic E-state index is 0.119. The number of benzene rings is 2. The second-order valence-corrected chi connectivity index (χ2v) is 6.72. The summed E-state index contributed by atoms with van der Waals surface area (Å²) in [6.45, 7) is 1.48. The molecule has 0 fully saturated rings. The van der Waals surface area contributed by atoms with Crippen LogP contribution in [0.4, 0.5) is 42.1 Å². The minimum Gasteiger partial charge on any atom is -0.331 e. The van der Waals surface area contributed by atoms with Gasteiger partial charge < -0.3 is 10.6 Å². The molecule has 0 saturated carbocycles. The fraction of sp³-hybridized carbons (Fsp3) is 0.211. The maximum Gasteiger partial charge on any atom is 0.460 e. The lowest BCUT2D eigenvalue weighted by molar-refractivity contribution is -0.343. The van der Waals surface area contributed by atoms with Gasteiger partial charge in [-0.3, -0.25) is 10.2 Å². The van der Waals surface area contributed by atoms with Gasteiger partial charge in [0.1, 0.15) is 0 Å². The summed E-state index contributed by atoms with van der Waals surface area (Å²) in [5.74, 6) is -15.4. The Morgan fingerprint density at radius 3 is 2.06 bits per heavy atom. The molecular formula is C19H15F7N4OS. The molecule has 0 unspecified atom stereocenters. The summed E-state index contributed by atoms with van der Waals surface area (Å²) in [4.78, 5) is 11.5. The maximum absolute atomic E-state index is 13.5. The Morgan fingerprint density at radius 1 is 0.875 bits per heavy atom. The van der Waals surface area contributed by atoms with E-state index in [0.717, 1.165) is 12.1 Å². The minimum atomic E-state index is -6.61. The molecule has 1 amide bonds. The lowest BCUT2D eigenvalue weighted by Gasteiger charge is -2.27. The number of carbonyl (C=O) groups is 1. The van der Waals surface area contributed by atoms with Crippen molar-refractivity contribution in [3.8, 4) is 0 Å². The van der Waals surface area contributed by atoms with Crippen molar-refractivity contribution in [2.45, 2.75) is 24.9 Å². The number of anilines is 2. The second kappa shape index (κ2) is 9.51. The molecule has 0 saturated heterocycles. The molecule has 0 aliphatic rings. The number of halogens is 7. The van der Waals surface area contributed by atoms with Crippen molar-refractivity contribution in [1.82, 2.24) is 5.43 Å². The van der Waals surface area contributed by atoms with Gasteiger partial charge in [0.05, 0.1) is 5.71 Å². The Kier molecular flexibility index (Phi) is 7.44. The van der Waals surface area contributed by atoms with Crippen LogP contribution in [0.1, 0.15) is 12.5 Å². The van der Waals surface area contributed by atoms with Crippen molar-refractivity contribution in [2.75, 3.05) is 10.6 Å². The van der Waals surface area contributed by atoms with Gasteiger partial charge in [-0.15, -0.1) is 0 Å². The first kappa shape index (κ1) is 25.0. The number of hydrogen-bond donors (Lipinski definition) is 3. The summed E-state index contributed by atoms with van der Waals surface area (Å²) >= 11 is 5.06. The molecule has 0 heterocycles. The molecule has 0 radical (unpaired) electrons. The lowest BCUT2D eigenvalue weighted by atomic mass is 10.1. The third-order valence-electron chi connectivity index (χ3n) is 3.93. The summed E-state index contributed by atoms with van der Waals surface area (Å²) in [6.07, 6.45) is -6.61. The van der Waals surface area contributed by atoms with Crippen molar-refractivity contribution >= 4 is 40.3 Å². The van der Waals surface area contributed by atoms with Crippen LogP contribution in [-0.2, 0) is 4.79 Å². The Balaban J connectivity index is 2.10. The van der Waals surface area contributed by atoms with E-state index in [9.17, 15) is 35.5 Å². The van der Waals surface area contributed by atoms with Crippen molar-refractivity contribution in [3.05, 3.63) is 60.2 Å². The first-order chi connectivity index (χ1) is 14.8. The quantitative estimate of drug-likeness (QED) is 0.231. The van der Waals surface area contributed by atoms with Crippen LogP contribution in [0.2, 0.25) is 0 Å². The fourth-order valence-electron chi connectivity index (χ4n) is 2.23. The summed E-state index contributed by atoms with van der Waals surface area (Å²) in [7, 11) is 0. The smallest absolute Gasteiger partial charge is 0.331 e. The van der Waals surface area contributed by atoms with E-state index in [4.69, 9.17) is 12.2 Å². The zero-order chi connectivity index (χ0) is 24.2. The third kappa shape index (κ3) is 5.72. The standard InChI is InChI=1S/C19H15F7N4OS/c1-11(29-30-16(32)28-13-7-3-2-4-8-13)12-6-5-9-14(10-12)27-15(31)17(20,21)18(22,23)19(24,25)26/h2-10H,1H3,(H,27,31)(H2,28,30,32)/b29-11-. The Hall–Kier alpha value is -3.22. The number of nitrogens with one attached hydrogen (secondary N) is 3. The molecule has 3 N–H and O–H groups in total. The van der Waals surface area contributed by atoms with Crippen molar-refractivity contribution in [2.24, 2.45) is 5.10 Å². The maximum atomic E-state index is 13.5. The van der Waals surface area contributed by atoms with Gasteiger partial charge in [-0.25, -0.2) is 0 Å². The van der Waals surface area contributed by atoms with E-state index in [1.807, 2.05) is 0 Å². The largest absolute Gasteiger partial charge is 0.460 e. The number of nitrogens with zero attached hydrogens (tertiary/aromatic N) is 1. The topological polar surface area (TPSA) is 65.5 Å². The average molecular weight is 480 g/mol. The third-order valence-corrected chi connectivity index (χ3v) is 4.12. The van der Waals surface area contributed by atoms with E-state index in [2.05, 4.69) is 15.8 Å². The second-order valence-electron chi connectivity index (χ2n) is 6.31. The normalized spacial score (nSPS) is 12.8. The van der Waals surface area contributed by atoms with Crippen LogP contribution in [0.25, 0.3) is 0 Å². The molecule has 2 aromatic rings. The Morgan fingerprint density at radius 2 is 1.47 bits per heavy atom. The van der Waals surface area contributed by atoms with E-state index in [1.54, 1.807) is 30.3 Å². The lowest BCUT2D eigenvalue weighted by Crippen LogP contribution is -2.57. The first-order valence-electron chi connectivity index (χ1n) is 8.66. The van der Waals surface area contributed by atoms with Gasteiger partial charge in [-0.1, -0.05) is 30.3 Å². The van der Waals surface area contributed by atoms with Crippen LogP contribution < -0.4 is 16.1 Å². The number of thiocarbonyl (C=S) groups is 1. The number of carbonyl (C=O) groups excluding carboxylic acids is 1. The van der Waals surface area contributed by atoms with Crippen LogP contribution in [0.3, 0.4) is 0 Å². The Labute approximate surface area is 182 Å². The number of rotatable bonds is 6. The predicted molar refractivity (Wildman–Crippen MR) is 109 cm³/mol. The van der Waals surface area contributed by atoms with Gasteiger partial charge in [0, 0.05) is 11.4 Å². The van der Waals surface area contributed by atoms with Crippen LogP contribution >= 0.6 is 12.2 Å². The molecule has 2 aromatic carbocycles. The van der Waals surface area contributed by atoms with Gasteiger partial charge in [0.25, 0.3) is 0 Å². The Bertz CT molecular complexity index is 1010. The zero-order valence-corrected chi connectivity index (χ0v) is 16.9. The van der Waals surface area contributed by atoms with Crippen molar-refractivity contribution < 1.29 is 35.5 Å². The van der Waals surface area contributed by atoms with Crippen LogP contribution in [0, 0.1) is 0 Å². The molecular weight excluding hydrogens is 465 g/mol. The highest BCUT2D eigenvalue weighted by Crippen LogP contribution is 2.46. The number of alkyl halides is 7. The summed E-state index contributed by atoms with van der Waals surface area (Å²) in [6, 6.07) is 13.6. The summed E-state index contributed by atoms with van der Waals surface area (Å²) in [5.41, 5.74) is 3.25. The molecule has 0 bridgehead atoms. The van der Waals surface area contributed by atoms with Gasteiger partial charge in [0.15, 0.2) is 5.11 Å². The van der Waals surface area contributed by atoms with Crippen molar-refractivity contribution in [3.63, 3.8) is 0 Å². The van der Waals surface area contributed by atoms with Gasteiger partial charge in [0.2, 0.25) is 0 Å². The fourth-order valence-corrected chi connectivity index (χ4v) is 2.40. The molecule has 172 valence electrons. The number of hydrazone groups is 1. The van der Waals surface area contributed by atoms with E-state index < -0.39 is 29.6 Å². The molecule has 0 aliphatic carbocycles. The molecule has 0 aliphatic heterocycles. The monoisotopic (exact) mass is 480 g/mol. The molecule has 0 atom stereocenters. The van der Waals surface area contributed by atoms with E-state index >= 15 is 0 Å². The predicted octanol–water partition coefficient (Wildman–Crippen LogP) is 5.17. The first-order valence-corrected chi connectivity index (χ1v) is 9.07. The van der Waals surface area contributed by atoms with Crippen LogP contribution in [0.15, 0.2) is 59.7 Å². The molecule has 2 rings (SSSR count). The summed E-state index contributed by atoms with van der Waals surface area (Å²) < 4.78 is 89.7. The number of amides is 1. The zero-order valence-electron chi connectivity index (χ0n) is 16.1. The number of hydrogen-bond acceptors (Lipinski definition) is 3. The molecule has 13 heteroatoms. The highest BCUT2D eigenvalue weighted by Gasteiger charge is 2.76. The highest BCUT2D eigenvalue weighted by atomic mass is 32.1. The highest BCUT2D eigenvalue weighted by molar-refractivity contribution is 7.80. The summed E-state index contributed by atoms with van der Waals surface area (Å²) in [5, 5.41) is 8.29. The van der Waals surface area contributed by atoms with Gasteiger partial charge >= 0.3 is 23.9 Å². The van der Waals surface area contributed by atoms with E-state index in [-0.39, 0.29) is 16.4 Å². The van der Waals surface area contributed by atoms with Gasteiger partial charge in [-0.05, 0) is 49.0 Å². The molecule has 32 heavy (non-hydrogen) atoms. The molecule has 0 spiro atoms. The van der Waals surface area contributed by atoms with Gasteiger partial charge in [-0.2, -0.15) is 35.8 Å². The van der Waals surface area contributed by atoms with E-state index in [1.165, 1.54) is 24.4 Å². The van der Waals surface area contributed by atoms with Crippen LogP contribution in [-0.4, -0.2) is 34.8 Å².